The summed E-state index contributed by atoms with van der Waals surface area (Å²) in [7, 11) is 0. The Balaban J connectivity index is 2.00. The topological polar surface area (TPSA) is 12.0 Å². The number of hydrogen-bond acceptors (Lipinski definition) is 1. The van der Waals surface area contributed by atoms with Gasteiger partial charge >= 0.3 is 0 Å². The summed E-state index contributed by atoms with van der Waals surface area (Å²) in [5.41, 5.74) is 0. The van der Waals surface area contributed by atoms with Crippen LogP contribution in [0.1, 0.15) is 20.3 Å². The van der Waals surface area contributed by atoms with Gasteiger partial charge < -0.3 is 5.32 Å². The molecule has 0 saturated carbocycles. The summed E-state index contributed by atoms with van der Waals surface area (Å²) in [6, 6.07) is 0.611. The Kier molecular flexibility index (Phi) is 2.54. The van der Waals surface area contributed by atoms with Crippen LogP contribution in [0.25, 0.3) is 0 Å². The Morgan fingerprint density at radius 2 is 2.00 bits per heavy atom. The molecule has 72 valence electrons. The zero-order valence-electron chi connectivity index (χ0n) is 8.53. The maximum atomic E-state index is 3.61. The number of fused-ring (bicyclic) bond motifs is 1. The van der Waals surface area contributed by atoms with Gasteiger partial charge in [0.1, 0.15) is 0 Å². The molecule has 1 nitrogen and oxygen atoms in total. The summed E-state index contributed by atoms with van der Waals surface area (Å²) in [6.07, 6.45) is 10.3. The summed E-state index contributed by atoms with van der Waals surface area (Å²) in [6.45, 7) is 5.85. The highest BCUT2D eigenvalue weighted by molar-refractivity contribution is 5.18. The Hall–Kier alpha value is -0.560. The summed E-state index contributed by atoms with van der Waals surface area (Å²) in [4.78, 5) is 0. The molecule has 0 aromatic carbocycles. The maximum absolute atomic E-state index is 3.61. The highest BCUT2D eigenvalue weighted by Gasteiger charge is 2.28. The van der Waals surface area contributed by atoms with Crippen molar-refractivity contribution in [3.05, 3.63) is 24.3 Å². The van der Waals surface area contributed by atoms with E-state index in [4.69, 9.17) is 0 Å². The van der Waals surface area contributed by atoms with E-state index in [9.17, 15) is 0 Å². The summed E-state index contributed by atoms with van der Waals surface area (Å²) >= 11 is 0. The van der Waals surface area contributed by atoms with E-state index in [1.165, 1.54) is 13.0 Å². The van der Waals surface area contributed by atoms with E-state index in [0.717, 1.165) is 17.8 Å². The smallest absolute Gasteiger partial charge is 0.0316 e. The molecule has 1 heteroatoms. The molecule has 1 fully saturated rings. The van der Waals surface area contributed by atoms with Crippen LogP contribution in [0.15, 0.2) is 24.3 Å². The molecule has 1 heterocycles. The lowest BCUT2D eigenvalue weighted by atomic mass is 9.78. The predicted octanol–water partition coefficient (Wildman–Crippen LogP) is 2.36. The average molecular weight is 177 g/mol. The van der Waals surface area contributed by atoms with Gasteiger partial charge in [0.15, 0.2) is 0 Å². The minimum Gasteiger partial charge on any atom is -0.310 e. The van der Waals surface area contributed by atoms with Crippen molar-refractivity contribution in [3.8, 4) is 0 Å². The van der Waals surface area contributed by atoms with Gasteiger partial charge in [-0.15, -0.1) is 0 Å². The molecule has 2 aliphatic rings. The molecule has 0 spiro atoms. The SMILES string of the molecule is CC(C)C1CNC2C=CC=CC2C1. The zero-order valence-corrected chi connectivity index (χ0v) is 8.53. The van der Waals surface area contributed by atoms with Gasteiger partial charge in [0.25, 0.3) is 0 Å². The van der Waals surface area contributed by atoms with E-state index >= 15 is 0 Å². The molecule has 1 N–H and O–H groups in total. The van der Waals surface area contributed by atoms with Crippen LogP contribution in [0.5, 0.6) is 0 Å². The molecule has 1 saturated heterocycles. The van der Waals surface area contributed by atoms with Gasteiger partial charge in [-0.3, -0.25) is 0 Å². The van der Waals surface area contributed by atoms with Crippen molar-refractivity contribution >= 4 is 0 Å². The molecule has 0 bridgehead atoms. The van der Waals surface area contributed by atoms with E-state index < -0.39 is 0 Å². The van der Waals surface area contributed by atoms with Gasteiger partial charge in [-0.25, -0.2) is 0 Å². The van der Waals surface area contributed by atoms with Crippen molar-refractivity contribution in [3.63, 3.8) is 0 Å². The van der Waals surface area contributed by atoms with Crippen LogP contribution in [0.4, 0.5) is 0 Å². The second-order valence-corrected chi connectivity index (χ2v) is 4.61. The lowest BCUT2D eigenvalue weighted by molar-refractivity contribution is 0.230. The summed E-state index contributed by atoms with van der Waals surface area (Å²) in [5.74, 6) is 2.41. The number of hydrogen-bond donors (Lipinski definition) is 1. The van der Waals surface area contributed by atoms with Crippen LogP contribution in [0.3, 0.4) is 0 Å². The molecule has 13 heavy (non-hydrogen) atoms. The van der Waals surface area contributed by atoms with E-state index in [0.29, 0.717) is 6.04 Å². The van der Waals surface area contributed by atoms with Crippen molar-refractivity contribution in [1.29, 1.82) is 0 Å². The Labute approximate surface area is 80.9 Å². The summed E-state index contributed by atoms with van der Waals surface area (Å²) < 4.78 is 0. The molecule has 0 aromatic rings. The second kappa shape index (κ2) is 3.67. The van der Waals surface area contributed by atoms with Crippen molar-refractivity contribution in [2.45, 2.75) is 26.3 Å². The van der Waals surface area contributed by atoms with Crippen LogP contribution in [0, 0.1) is 17.8 Å². The van der Waals surface area contributed by atoms with Gasteiger partial charge in [0.05, 0.1) is 0 Å². The highest BCUT2D eigenvalue weighted by Crippen LogP contribution is 2.29. The molecule has 0 aromatic heterocycles. The fourth-order valence-corrected chi connectivity index (χ4v) is 2.33. The van der Waals surface area contributed by atoms with Crippen molar-refractivity contribution in [2.75, 3.05) is 6.54 Å². The monoisotopic (exact) mass is 177 g/mol. The first-order valence-electron chi connectivity index (χ1n) is 5.36. The molecule has 3 unspecified atom stereocenters. The third kappa shape index (κ3) is 1.86. The fraction of sp³-hybridized carbons (Fsp3) is 0.667. The number of nitrogens with one attached hydrogen (secondary N) is 1. The minimum absolute atomic E-state index is 0.611. The third-order valence-corrected chi connectivity index (χ3v) is 3.38. The average Bonchev–Trinajstić information content (AvgIpc) is 2.17. The Bertz CT molecular complexity index is 227. The lowest BCUT2D eigenvalue weighted by Gasteiger charge is -2.37. The summed E-state index contributed by atoms with van der Waals surface area (Å²) in [5, 5.41) is 3.61. The van der Waals surface area contributed by atoms with Crippen molar-refractivity contribution in [2.24, 2.45) is 17.8 Å². The van der Waals surface area contributed by atoms with Crippen LogP contribution in [0.2, 0.25) is 0 Å². The molecule has 0 amide bonds. The van der Waals surface area contributed by atoms with Gasteiger partial charge in [-0.2, -0.15) is 0 Å². The third-order valence-electron chi connectivity index (χ3n) is 3.38. The van der Waals surface area contributed by atoms with Crippen LogP contribution < -0.4 is 5.32 Å². The first-order valence-corrected chi connectivity index (χ1v) is 5.36. The number of rotatable bonds is 1. The van der Waals surface area contributed by atoms with Crippen LogP contribution >= 0.6 is 0 Å². The van der Waals surface area contributed by atoms with Crippen molar-refractivity contribution < 1.29 is 0 Å². The number of allylic oxidation sites excluding steroid dienone is 2. The van der Waals surface area contributed by atoms with Gasteiger partial charge in [-0.1, -0.05) is 38.2 Å². The molecule has 1 aliphatic carbocycles. The van der Waals surface area contributed by atoms with E-state index in [-0.39, 0.29) is 0 Å². The van der Waals surface area contributed by atoms with Crippen LogP contribution in [-0.2, 0) is 0 Å². The number of piperidine rings is 1. The van der Waals surface area contributed by atoms with Gasteiger partial charge in [0.2, 0.25) is 0 Å². The van der Waals surface area contributed by atoms with Gasteiger partial charge in [-0.05, 0) is 30.7 Å². The van der Waals surface area contributed by atoms with E-state index in [2.05, 4.69) is 43.5 Å². The second-order valence-electron chi connectivity index (χ2n) is 4.61. The van der Waals surface area contributed by atoms with Crippen molar-refractivity contribution in [1.82, 2.24) is 5.32 Å². The molecule has 0 radical (unpaired) electrons. The fourth-order valence-electron chi connectivity index (χ4n) is 2.33. The lowest BCUT2D eigenvalue weighted by Crippen LogP contribution is -2.45. The molecule has 3 atom stereocenters. The maximum Gasteiger partial charge on any atom is 0.0316 e. The van der Waals surface area contributed by atoms with E-state index in [1.54, 1.807) is 0 Å². The first kappa shape index (κ1) is 9.01. The van der Waals surface area contributed by atoms with Gasteiger partial charge in [0, 0.05) is 6.04 Å². The molecule has 1 aliphatic heterocycles. The molecule has 2 rings (SSSR count). The normalized spacial score (nSPS) is 37.9. The quantitative estimate of drug-likeness (QED) is 0.648. The standard InChI is InChI=1S/C12H19N/c1-9(2)11-7-10-5-3-4-6-12(10)13-8-11/h3-6,9-13H,7-8H2,1-2H3. The Morgan fingerprint density at radius 3 is 2.77 bits per heavy atom. The molecular weight excluding hydrogens is 158 g/mol. The largest absolute Gasteiger partial charge is 0.310 e. The molecular formula is C12H19N. The predicted molar refractivity (Wildman–Crippen MR) is 56.5 cm³/mol. The first-order chi connectivity index (χ1) is 6.27. The van der Waals surface area contributed by atoms with E-state index in [1.807, 2.05) is 0 Å². The zero-order chi connectivity index (χ0) is 9.26. The highest BCUT2D eigenvalue weighted by atomic mass is 14.9. The Morgan fingerprint density at radius 1 is 1.23 bits per heavy atom. The minimum atomic E-state index is 0.611. The van der Waals surface area contributed by atoms with Crippen LogP contribution in [-0.4, -0.2) is 12.6 Å².